The predicted molar refractivity (Wildman–Crippen MR) is 34.7 cm³/mol. The van der Waals surface area contributed by atoms with Gasteiger partial charge in [-0.2, -0.15) is 10.5 Å². The second kappa shape index (κ2) is 3.91. The van der Waals surface area contributed by atoms with Crippen LogP contribution < -0.4 is 5.73 Å². The van der Waals surface area contributed by atoms with Gasteiger partial charge in [-0.15, -0.1) is 0 Å². The number of hydrogen-bond donors (Lipinski definition) is 2. The number of nitrogens with zero attached hydrogens (tertiary/aromatic N) is 2. The molecule has 0 atom stereocenters. The molecule has 0 aromatic carbocycles. The van der Waals surface area contributed by atoms with Gasteiger partial charge in [0.1, 0.15) is 12.1 Å². The van der Waals surface area contributed by atoms with Crippen molar-refractivity contribution in [1.29, 1.82) is 15.9 Å². The third-order valence-electron chi connectivity index (χ3n) is 0.740. The molecule has 0 amide bonds. The zero-order valence-corrected chi connectivity index (χ0v) is 5.05. The van der Waals surface area contributed by atoms with Crippen LogP contribution in [-0.2, 0) is 0 Å². The first-order chi connectivity index (χ1) is 4.76. The van der Waals surface area contributed by atoms with Crippen LogP contribution in [-0.4, -0.2) is 5.87 Å². The van der Waals surface area contributed by atoms with Gasteiger partial charge < -0.3 is 5.73 Å². The van der Waals surface area contributed by atoms with Gasteiger partial charge >= 0.3 is 0 Å². The predicted octanol–water partition coefficient (Wildman–Crippen LogP) is 0.0510. The average molecular weight is 132 g/mol. The lowest BCUT2D eigenvalue weighted by Crippen LogP contribution is -1.96. The Balaban J connectivity index is 4.87. The Morgan fingerprint density at radius 3 is 2.20 bits per heavy atom. The number of hydrogen-bond acceptors (Lipinski definition) is 4. The molecule has 0 heterocycles. The van der Waals surface area contributed by atoms with Crippen molar-refractivity contribution in [3.05, 3.63) is 17.3 Å². The van der Waals surface area contributed by atoms with E-state index in [2.05, 4.69) is 0 Å². The maximum atomic E-state index is 8.20. The third kappa shape index (κ3) is 1.83. The van der Waals surface area contributed by atoms with E-state index < -0.39 is 0 Å². The number of nitrogens with one attached hydrogen (secondary N) is 1. The van der Waals surface area contributed by atoms with E-state index in [1.807, 2.05) is 5.87 Å². The van der Waals surface area contributed by atoms with Crippen LogP contribution in [0.25, 0.3) is 0 Å². The minimum absolute atomic E-state index is 0.0278. The first-order valence-corrected chi connectivity index (χ1v) is 2.31. The van der Waals surface area contributed by atoms with Gasteiger partial charge in [0.05, 0.1) is 5.70 Å². The van der Waals surface area contributed by atoms with E-state index in [1.54, 1.807) is 12.1 Å². The topological polar surface area (TPSA) is 97.4 Å². The van der Waals surface area contributed by atoms with Crippen LogP contribution >= 0.6 is 0 Å². The van der Waals surface area contributed by atoms with Gasteiger partial charge in [0, 0.05) is 6.08 Å². The monoisotopic (exact) mass is 132 g/mol. The normalized spacial score (nSPS) is 6.20. The molecule has 0 spiro atoms. The van der Waals surface area contributed by atoms with E-state index in [4.69, 9.17) is 21.7 Å². The number of nitrogens with two attached hydrogens (primary N) is 1. The SMILES string of the molecule is N#CC(C#N)=C(N)C=C=N. The molecule has 10 heavy (non-hydrogen) atoms. The number of nitriles is 2. The Morgan fingerprint density at radius 2 is 1.90 bits per heavy atom. The van der Waals surface area contributed by atoms with Gasteiger partial charge in [-0.1, -0.05) is 0 Å². The van der Waals surface area contributed by atoms with Crippen LogP contribution in [0.2, 0.25) is 0 Å². The van der Waals surface area contributed by atoms with E-state index in [1.165, 1.54) is 0 Å². The summed E-state index contributed by atoms with van der Waals surface area (Å²) in [5, 5.41) is 22.8. The van der Waals surface area contributed by atoms with Crippen LogP contribution in [0.15, 0.2) is 17.3 Å². The Bertz CT molecular complexity index is 264. The molecule has 48 valence electrons. The zero-order valence-electron chi connectivity index (χ0n) is 5.05. The van der Waals surface area contributed by atoms with Gasteiger partial charge in [-0.05, 0) is 5.87 Å². The summed E-state index contributed by atoms with van der Waals surface area (Å²) in [7, 11) is 0. The second-order valence-corrected chi connectivity index (χ2v) is 1.34. The average Bonchev–Trinajstić information content (AvgIpc) is 1.91. The maximum absolute atomic E-state index is 8.20. The lowest BCUT2D eigenvalue weighted by atomic mass is 10.2. The van der Waals surface area contributed by atoms with Gasteiger partial charge in [0.2, 0.25) is 0 Å². The van der Waals surface area contributed by atoms with Crippen LogP contribution in [0, 0.1) is 28.1 Å². The van der Waals surface area contributed by atoms with Crippen LogP contribution in [0.4, 0.5) is 0 Å². The van der Waals surface area contributed by atoms with Crippen LogP contribution in [0.1, 0.15) is 0 Å². The lowest BCUT2D eigenvalue weighted by molar-refractivity contribution is 1.36. The van der Waals surface area contributed by atoms with Crippen molar-refractivity contribution in [3.63, 3.8) is 0 Å². The molecule has 4 nitrogen and oxygen atoms in total. The smallest absolute Gasteiger partial charge is 0.153 e. The van der Waals surface area contributed by atoms with Crippen molar-refractivity contribution in [2.24, 2.45) is 5.73 Å². The molecule has 0 saturated carbocycles. The van der Waals surface area contributed by atoms with Crippen molar-refractivity contribution in [2.45, 2.75) is 0 Å². The second-order valence-electron chi connectivity index (χ2n) is 1.34. The Kier molecular flexibility index (Phi) is 3.12. The molecule has 0 rings (SSSR count). The molecule has 0 fully saturated rings. The summed E-state index contributed by atoms with van der Waals surface area (Å²) in [6.07, 6.45) is 1.06. The highest BCUT2D eigenvalue weighted by Gasteiger charge is 1.95. The van der Waals surface area contributed by atoms with E-state index in [0.29, 0.717) is 0 Å². The lowest BCUT2D eigenvalue weighted by Gasteiger charge is -1.85. The Hall–Kier alpha value is -2.03. The third-order valence-corrected chi connectivity index (χ3v) is 0.740. The summed E-state index contributed by atoms with van der Waals surface area (Å²) >= 11 is 0. The molecule has 0 bridgehead atoms. The maximum Gasteiger partial charge on any atom is 0.153 e. The fourth-order valence-electron chi connectivity index (χ4n) is 0.304. The highest BCUT2D eigenvalue weighted by Crippen LogP contribution is 1.94. The molecule has 0 aromatic rings. The summed E-state index contributed by atoms with van der Waals surface area (Å²) in [4.78, 5) is 0. The first kappa shape index (κ1) is 7.97. The van der Waals surface area contributed by atoms with Crippen molar-refractivity contribution < 1.29 is 0 Å². The highest BCUT2D eigenvalue weighted by molar-refractivity contribution is 5.57. The summed E-state index contributed by atoms with van der Waals surface area (Å²) < 4.78 is 0. The summed E-state index contributed by atoms with van der Waals surface area (Å²) in [5.41, 5.74) is 4.92. The minimum atomic E-state index is -0.195. The Labute approximate surface area is 58.0 Å². The zero-order chi connectivity index (χ0) is 7.98. The largest absolute Gasteiger partial charge is 0.397 e. The minimum Gasteiger partial charge on any atom is -0.397 e. The summed E-state index contributed by atoms with van der Waals surface area (Å²) in [6, 6.07) is 3.15. The fraction of sp³-hybridized carbons (Fsp3) is 0. The van der Waals surface area contributed by atoms with Crippen molar-refractivity contribution in [3.8, 4) is 12.1 Å². The summed E-state index contributed by atoms with van der Waals surface area (Å²) in [6.45, 7) is 0. The van der Waals surface area contributed by atoms with Gasteiger partial charge in [-0.3, -0.25) is 5.41 Å². The fourth-order valence-corrected chi connectivity index (χ4v) is 0.304. The molecule has 0 aliphatic carbocycles. The van der Waals surface area contributed by atoms with Crippen molar-refractivity contribution >= 4 is 5.87 Å². The van der Waals surface area contributed by atoms with Crippen LogP contribution in [0.5, 0.6) is 0 Å². The van der Waals surface area contributed by atoms with E-state index in [0.717, 1.165) is 6.08 Å². The molecule has 3 N–H and O–H groups in total. The standard InChI is InChI=1S/C6H4N4/c7-2-1-6(10)5(3-8)4-9/h1,7H,10H2. The molecule has 0 aliphatic heterocycles. The highest BCUT2D eigenvalue weighted by atomic mass is 14.6. The van der Waals surface area contributed by atoms with Gasteiger partial charge in [0.25, 0.3) is 0 Å². The molecule has 4 heteroatoms. The van der Waals surface area contributed by atoms with Gasteiger partial charge in [-0.25, -0.2) is 0 Å². The molecule has 0 radical (unpaired) electrons. The van der Waals surface area contributed by atoms with Crippen molar-refractivity contribution in [2.75, 3.05) is 0 Å². The van der Waals surface area contributed by atoms with Crippen molar-refractivity contribution in [1.82, 2.24) is 0 Å². The molecule has 0 saturated heterocycles. The molecule has 0 aromatic heterocycles. The molecule has 0 unspecified atom stereocenters. The van der Waals surface area contributed by atoms with E-state index >= 15 is 0 Å². The summed E-state index contributed by atoms with van der Waals surface area (Å²) in [5.74, 6) is 1.86. The number of allylic oxidation sites excluding steroid dienone is 2. The van der Waals surface area contributed by atoms with Crippen LogP contribution in [0.3, 0.4) is 0 Å². The van der Waals surface area contributed by atoms with Gasteiger partial charge in [0.15, 0.2) is 5.57 Å². The van der Waals surface area contributed by atoms with E-state index in [-0.39, 0.29) is 11.3 Å². The first-order valence-electron chi connectivity index (χ1n) is 2.31. The molecular formula is C6H4N4. The van der Waals surface area contributed by atoms with E-state index in [9.17, 15) is 0 Å². The molecular weight excluding hydrogens is 128 g/mol. The number of rotatable bonds is 1. The Morgan fingerprint density at radius 1 is 1.40 bits per heavy atom. The molecule has 0 aliphatic rings. The quantitative estimate of drug-likeness (QED) is 0.299.